The third kappa shape index (κ3) is 12.6. The van der Waals surface area contributed by atoms with E-state index in [-0.39, 0.29) is 47.5 Å². The van der Waals surface area contributed by atoms with Gasteiger partial charge in [-0.25, -0.2) is 0 Å². The zero-order valence-electron chi connectivity index (χ0n) is 16.0. The van der Waals surface area contributed by atoms with Crippen LogP contribution in [0.2, 0.25) is 0 Å². The number of rotatable bonds is 11. The van der Waals surface area contributed by atoms with Crippen LogP contribution >= 0.6 is 0 Å². The summed E-state index contributed by atoms with van der Waals surface area (Å²) in [5.41, 5.74) is -0.220. The molecule has 0 saturated heterocycles. The number of hydrogen-bond acceptors (Lipinski definition) is 7. The molecule has 0 bridgehead atoms. The van der Waals surface area contributed by atoms with E-state index < -0.39 is 11.9 Å². The Kier molecular flexibility index (Phi) is 13.1. The fourth-order valence-corrected chi connectivity index (χ4v) is 1.85. The molecule has 1 rings (SSSR count). The molecule has 1 unspecified atom stereocenters. The van der Waals surface area contributed by atoms with Crippen LogP contribution in [0.25, 0.3) is 0 Å². The number of ether oxygens (including phenoxy) is 4. The van der Waals surface area contributed by atoms with Crippen LogP contribution in [0.3, 0.4) is 0 Å². The van der Waals surface area contributed by atoms with Crippen molar-refractivity contribution in [2.24, 2.45) is 0 Å². The quantitative estimate of drug-likeness (QED) is 0.210. The van der Waals surface area contributed by atoms with E-state index in [1.165, 1.54) is 12.1 Å². The second-order valence-corrected chi connectivity index (χ2v) is 6.33. The van der Waals surface area contributed by atoms with Crippen LogP contribution in [0.1, 0.15) is 39.0 Å². The summed E-state index contributed by atoms with van der Waals surface area (Å²) in [7, 11) is 0. The molecule has 0 fully saturated rings. The van der Waals surface area contributed by atoms with Gasteiger partial charge in [-0.2, -0.15) is 0 Å². The van der Waals surface area contributed by atoms with Crippen LogP contribution in [0.4, 0.5) is 0 Å². The van der Waals surface area contributed by atoms with Gasteiger partial charge in [-0.1, -0.05) is 12.1 Å². The normalized spacial score (nSPS) is 12.2. The number of carbonyl (C=O) groups excluding carboxylic acids is 1. The Hall–Kier alpha value is -0.670. The number of aliphatic hydroxyl groups is 1. The van der Waals surface area contributed by atoms with Gasteiger partial charge in [-0.3, -0.25) is 4.79 Å². The molecule has 0 spiro atoms. The monoisotopic (exact) mass is 378 g/mol. The zero-order valence-corrected chi connectivity index (χ0v) is 18.0. The molecule has 7 nitrogen and oxygen atoms in total. The Balaban J connectivity index is 0.00000625. The molecule has 0 aliphatic rings. The Morgan fingerprint density at radius 1 is 1.12 bits per heavy atom. The minimum absolute atomic E-state index is 0. The number of aliphatic hydroxyl groups excluding tert-OH is 1. The molecule has 0 aliphatic carbocycles. The van der Waals surface area contributed by atoms with E-state index in [2.05, 4.69) is 0 Å². The first-order valence-corrected chi connectivity index (χ1v) is 8.22. The Morgan fingerprint density at radius 2 is 1.73 bits per heavy atom. The summed E-state index contributed by atoms with van der Waals surface area (Å²) >= 11 is 0. The molecule has 8 heteroatoms. The molecular formula is C18H27NaO7. The largest absolute Gasteiger partial charge is 1.00 e. The maximum Gasteiger partial charge on any atom is 1.00 e. The van der Waals surface area contributed by atoms with Crippen LogP contribution < -0.4 is 39.4 Å². The van der Waals surface area contributed by atoms with Gasteiger partial charge in [0.15, 0.2) is 0 Å². The van der Waals surface area contributed by atoms with Gasteiger partial charge >= 0.3 is 35.5 Å². The Labute approximate surface area is 176 Å². The molecule has 1 aromatic carbocycles. The van der Waals surface area contributed by atoms with Gasteiger partial charge in [-0.15, -0.1) is 0 Å². The van der Waals surface area contributed by atoms with Crippen molar-refractivity contribution in [3.8, 4) is 5.75 Å². The molecule has 0 radical (unpaired) electrons. The molecule has 142 valence electrons. The maximum absolute atomic E-state index is 11.4. The zero-order chi connectivity index (χ0) is 18.7. The fraction of sp³-hybridized carbons (Fsp3) is 0.611. The number of benzene rings is 1. The summed E-state index contributed by atoms with van der Waals surface area (Å²) in [6, 6.07) is 6.38. The van der Waals surface area contributed by atoms with Gasteiger partial charge in [0.05, 0.1) is 32.8 Å². The van der Waals surface area contributed by atoms with Crippen molar-refractivity contribution in [1.82, 2.24) is 0 Å². The summed E-state index contributed by atoms with van der Waals surface area (Å²) in [4.78, 5) is 11.4. The van der Waals surface area contributed by atoms with Crippen molar-refractivity contribution < 1.29 is 63.5 Å². The van der Waals surface area contributed by atoms with Crippen LogP contribution in [-0.4, -0.2) is 49.7 Å². The minimum Gasteiger partial charge on any atom is -0.828 e. The Bertz CT molecular complexity index is 515. The molecule has 0 aliphatic heterocycles. The molecule has 0 heterocycles. The first-order chi connectivity index (χ1) is 11.8. The third-order valence-electron chi connectivity index (χ3n) is 2.88. The van der Waals surface area contributed by atoms with E-state index >= 15 is 0 Å². The van der Waals surface area contributed by atoms with Gasteiger partial charge in [-0.05, 0) is 38.5 Å². The fourth-order valence-electron chi connectivity index (χ4n) is 1.85. The van der Waals surface area contributed by atoms with E-state index in [0.717, 1.165) is 0 Å². The van der Waals surface area contributed by atoms with Crippen LogP contribution in [0.15, 0.2) is 24.3 Å². The predicted molar refractivity (Wildman–Crippen MR) is 89.0 cm³/mol. The van der Waals surface area contributed by atoms with Crippen molar-refractivity contribution in [3.63, 3.8) is 0 Å². The van der Waals surface area contributed by atoms with Gasteiger partial charge in [0.25, 0.3) is 0 Å². The van der Waals surface area contributed by atoms with Crippen LogP contribution in [-0.2, 0) is 19.0 Å². The third-order valence-corrected chi connectivity index (χ3v) is 2.88. The molecule has 1 N–H and O–H groups in total. The van der Waals surface area contributed by atoms with Crippen molar-refractivity contribution in [2.45, 2.75) is 39.1 Å². The maximum atomic E-state index is 11.4. The molecule has 1 aromatic rings. The SMILES string of the molecule is CC(C)(C)OC(=O)CCOCCOCCOc1cccc(C([O-])O)c1.[Na+]. The molecule has 0 saturated carbocycles. The predicted octanol–water partition coefficient (Wildman–Crippen LogP) is -1.81. The molecular weight excluding hydrogens is 351 g/mol. The summed E-state index contributed by atoms with van der Waals surface area (Å²) in [6.45, 7) is 7.19. The van der Waals surface area contributed by atoms with Crippen molar-refractivity contribution >= 4 is 5.97 Å². The van der Waals surface area contributed by atoms with Gasteiger partial charge < -0.3 is 29.2 Å². The summed E-state index contributed by atoms with van der Waals surface area (Å²) in [6.07, 6.45) is -1.56. The van der Waals surface area contributed by atoms with Crippen molar-refractivity contribution in [2.75, 3.05) is 33.0 Å². The van der Waals surface area contributed by atoms with Gasteiger partial charge in [0, 0.05) is 6.29 Å². The Morgan fingerprint density at radius 3 is 2.35 bits per heavy atom. The molecule has 26 heavy (non-hydrogen) atoms. The molecule has 1 atom stereocenters. The number of hydrogen-bond donors (Lipinski definition) is 1. The van der Waals surface area contributed by atoms with Crippen LogP contribution in [0.5, 0.6) is 5.75 Å². The second-order valence-electron chi connectivity index (χ2n) is 6.33. The summed E-state index contributed by atoms with van der Waals surface area (Å²) in [5, 5.41) is 19.9. The van der Waals surface area contributed by atoms with Gasteiger partial charge in [0.2, 0.25) is 0 Å². The van der Waals surface area contributed by atoms with E-state index in [0.29, 0.717) is 38.8 Å². The standard InChI is InChI=1S/C18H27O7.Na/c1-18(2,3)25-16(19)7-8-22-9-10-23-11-12-24-15-6-4-5-14(13-15)17(20)21;/h4-6,13,17,20H,7-12H2,1-3H3;/q-1;+1. The molecule has 0 amide bonds. The van der Waals surface area contributed by atoms with Crippen molar-refractivity contribution in [1.29, 1.82) is 0 Å². The smallest absolute Gasteiger partial charge is 0.828 e. The average Bonchev–Trinajstić information content (AvgIpc) is 2.51. The van der Waals surface area contributed by atoms with E-state index in [1.54, 1.807) is 12.1 Å². The second kappa shape index (κ2) is 13.5. The van der Waals surface area contributed by atoms with Crippen molar-refractivity contribution in [3.05, 3.63) is 29.8 Å². The minimum atomic E-state index is -1.77. The molecule has 0 aromatic heterocycles. The number of carbonyl (C=O) groups is 1. The first-order valence-electron chi connectivity index (χ1n) is 8.22. The average molecular weight is 378 g/mol. The summed E-state index contributed by atoms with van der Waals surface area (Å²) < 4.78 is 21.2. The van der Waals surface area contributed by atoms with E-state index in [1.807, 2.05) is 20.8 Å². The van der Waals surface area contributed by atoms with E-state index in [9.17, 15) is 9.90 Å². The van der Waals surface area contributed by atoms with E-state index in [4.69, 9.17) is 24.1 Å². The first kappa shape index (κ1) is 25.3. The van der Waals surface area contributed by atoms with Crippen LogP contribution in [0, 0.1) is 0 Å². The van der Waals surface area contributed by atoms with Gasteiger partial charge in [0.1, 0.15) is 18.0 Å². The topological polar surface area (TPSA) is 97.3 Å². The summed E-state index contributed by atoms with van der Waals surface area (Å²) in [5.74, 6) is 0.219. The number of esters is 1.